The van der Waals surface area contributed by atoms with Crippen molar-refractivity contribution in [3.63, 3.8) is 0 Å². The van der Waals surface area contributed by atoms with E-state index in [4.69, 9.17) is 4.84 Å². The maximum atomic E-state index is 12.6. The molecule has 2 aromatic rings. The highest BCUT2D eigenvalue weighted by Crippen LogP contribution is 2.34. The van der Waals surface area contributed by atoms with Gasteiger partial charge in [0.05, 0.1) is 0 Å². The SMILES string of the molecule is Cc1ccc(CN2CC[C@]3(CC(C(=O)NC[C@@H](C)c4ccccc4)=NO3)C2)cc1. The van der Waals surface area contributed by atoms with Crippen molar-refractivity contribution in [2.75, 3.05) is 19.6 Å². The van der Waals surface area contributed by atoms with Crippen LogP contribution in [0.5, 0.6) is 0 Å². The second-order valence-corrected chi connectivity index (χ2v) is 8.46. The molecule has 2 aliphatic heterocycles. The minimum absolute atomic E-state index is 0.110. The quantitative estimate of drug-likeness (QED) is 0.818. The van der Waals surface area contributed by atoms with Gasteiger partial charge in [0.1, 0.15) is 5.71 Å². The smallest absolute Gasteiger partial charge is 0.269 e. The first-order chi connectivity index (χ1) is 14.0. The van der Waals surface area contributed by atoms with E-state index in [0.717, 1.165) is 26.1 Å². The number of hydrogen-bond acceptors (Lipinski definition) is 4. The third-order valence-corrected chi connectivity index (χ3v) is 5.96. The Balaban J connectivity index is 1.27. The Hall–Kier alpha value is -2.66. The summed E-state index contributed by atoms with van der Waals surface area (Å²) in [5.74, 6) is 0.148. The van der Waals surface area contributed by atoms with Crippen molar-refractivity contribution >= 4 is 11.6 Å². The highest BCUT2D eigenvalue weighted by atomic mass is 16.7. The lowest BCUT2D eigenvalue weighted by Crippen LogP contribution is -2.37. The van der Waals surface area contributed by atoms with Gasteiger partial charge in [-0.2, -0.15) is 0 Å². The van der Waals surface area contributed by atoms with Gasteiger partial charge in [0.15, 0.2) is 5.60 Å². The standard InChI is InChI=1S/C24H29N3O2/c1-18-8-10-20(11-9-18)16-27-13-12-24(17-27)14-22(26-29-24)23(28)25-15-19(2)21-6-4-3-5-7-21/h3-11,19H,12-17H2,1-2H3,(H,25,28)/t19-,24+/m1/s1. The second-order valence-electron chi connectivity index (χ2n) is 8.46. The molecule has 0 saturated carbocycles. The third-order valence-electron chi connectivity index (χ3n) is 5.96. The van der Waals surface area contributed by atoms with Gasteiger partial charge in [-0.3, -0.25) is 9.69 Å². The molecular formula is C24H29N3O2. The van der Waals surface area contributed by atoms with Gasteiger partial charge in [0, 0.05) is 39.0 Å². The molecule has 29 heavy (non-hydrogen) atoms. The summed E-state index contributed by atoms with van der Waals surface area (Å²) >= 11 is 0. The van der Waals surface area contributed by atoms with E-state index < -0.39 is 0 Å². The molecule has 1 spiro atoms. The van der Waals surface area contributed by atoms with Crippen LogP contribution in [0.4, 0.5) is 0 Å². The van der Waals surface area contributed by atoms with Crippen LogP contribution in [-0.4, -0.2) is 41.8 Å². The van der Waals surface area contributed by atoms with E-state index >= 15 is 0 Å². The van der Waals surface area contributed by atoms with E-state index in [2.05, 4.69) is 65.6 Å². The largest absolute Gasteiger partial charge is 0.387 e. The Morgan fingerprint density at radius 3 is 2.72 bits per heavy atom. The number of likely N-dealkylation sites (tertiary alicyclic amines) is 1. The molecule has 2 atom stereocenters. The van der Waals surface area contributed by atoms with Gasteiger partial charge >= 0.3 is 0 Å². The molecule has 0 aliphatic carbocycles. The average molecular weight is 392 g/mol. The normalized spacial score (nSPS) is 22.3. The van der Waals surface area contributed by atoms with Crippen molar-refractivity contribution < 1.29 is 9.63 Å². The van der Waals surface area contributed by atoms with Gasteiger partial charge in [-0.15, -0.1) is 0 Å². The molecule has 0 aromatic heterocycles. The van der Waals surface area contributed by atoms with Gasteiger partial charge in [-0.1, -0.05) is 72.2 Å². The van der Waals surface area contributed by atoms with Crippen molar-refractivity contribution in [2.45, 2.75) is 44.8 Å². The molecule has 1 amide bonds. The molecular weight excluding hydrogens is 362 g/mol. The molecule has 0 bridgehead atoms. The van der Waals surface area contributed by atoms with E-state index in [1.165, 1.54) is 16.7 Å². The van der Waals surface area contributed by atoms with Crippen LogP contribution in [0.3, 0.4) is 0 Å². The molecule has 0 unspecified atom stereocenters. The molecule has 0 radical (unpaired) electrons. The number of benzene rings is 2. The molecule has 2 aliphatic rings. The predicted molar refractivity (Wildman–Crippen MR) is 115 cm³/mol. The maximum absolute atomic E-state index is 12.6. The molecule has 1 saturated heterocycles. The molecule has 1 fully saturated rings. The van der Waals surface area contributed by atoms with Crippen LogP contribution in [0, 0.1) is 6.92 Å². The summed E-state index contributed by atoms with van der Waals surface area (Å²) in [6.07, 6.45) is 1.49. The van der Waals surface area contributed by atoms with Crippen molar-refractivity contribution in [3.05, 3.63) is 71.3 Å². The van der Waals surface area contributed by atoms with Crippen LogP contribution in [-0.2, 0) is 16.2 Å². The fourth-order valence-electron chi connectivity index (χ4n) is 4.12. The summed E-state index contributed by atoms with van der Waals surface area (Å²) in [6.45, 7) is 7.48. The number of aryl methyl sites for hydroxylation is 1. The van der Waals surface area contributed by atoms with Gasteiger partial charge in [-0.05, 0) is 24.0 Å². The summed E-state index contributed by atoms with van der Waals surface area (Å²) in [5.41, 5.74) is 3.97. The van der Waals surface area contributed by atoms with E-state index in [9.17, 15) is 4.79 Å². The van der Waals surface area contributed by atoms with Crippen molar-refractivity contribution in [3.8, 4) is 0 Å². The fourth-order valence-corrected chi connectivity index (χ4v) is 4.12. The second kappa shape index (κ2) is 8.37. The van der Waals surface area contributed by atoms with Gasteiger partial charge in [-0.25, -0.2) is 0 Å². The number of carbonyl (C=O) groups excluding carboxylic acids is 1. The molecule has 2 heterocycles. The fraction of sp³-hybridized carbons (Fsp3) is 0.417. The van der Waals surface area contributed by atoms with Crippen LogP contribution < -0.4 is 5.32 Å². The predicted octanol–water partition coefficient (Wildman–Crippen LogP) is 3.64. The van der Waals surface area contributed by atoms with Crippen LogP contribution in [0.2, 0.25) is 0 Å². The number of carbonyl (C=O) groups is 1. The minimum atomic E-state index is -0.345. The Kier molecular flexibility index (Phi) is 5.67. The first-order valence-electron chi connectivity index (χ1n) is 10.4. The van der Waals surface area contributed by atoms with Gasteiger partial charge in [0.2, 0.25) is 0 Å². The third kappa shape index (κ3) is 4.67. The Morgan fingerprint density at radius 2 is 1.97 bits per heavy atom. The number of amides is 1. The summed E-state index contributed by atoms with van der Waals surface area (Å²) in [7, 11) is 0. The number of nitrogens with zero attached hydrogens (tertiary/aromatic N) is 2. The van der Waals surface area contributed by atoms with Crippen LogP contribution in [0.1, 0.15) is 42.4 Å². The molecule has 2 aromatic carbocycles. The maximum Gasteiger partial charge on any atom is 0.269 e. The lowest BCUT2D eigenvalue weighted by molar-refractivity contribution is -0.115. The van der Waals surface area contributed by atoms with E-state index in [1.54, 1.807) is 0 Å². The summed E-state index contributed by atoms with van der Waals surface area (Å²) in [6, 6.07) is 18.9. The van der Waals surface area contributed by atoms with Gasteiger partial charge in [0.25, 0.3) is 5.91 Å². The zero-order valence-corrected chi connectivity index (χ0v) is 17.2. The Morgan fingerprint density at radius 1 is 1.21 bits per heavy atom. The first kappa shape index (κ1) is 19.6. The summed E-state index contributed by atoms with van der Waals surface area (Å²) < 4.78 is 0. The molecule has 4 rings (SSSR count). The van der Waals surface area contributed by atoms with Crippen LogP contribution in [0.25, 0.3) is 0 Å². The first-order valence-corrected chi connectivity index (χ1v) is 10.4. The molecule has 1 N–H and O–H groups in total. The zero-order chi connectivity index (χ0) is 20.3. The monoisotopic (exact) mass is 391 g/mol. The van der Waals surface area contributed by atoms with E-state index in [0.29, 0.717) is 18.7 Å². The summed E-state index contributed by atoms with van der Waals surface area (Å²) in [4.78, 5) is 20.8. The number of rotatable bonds is 6. The van der Waals surface area contributed by atoms with Crippen LogP contribution in [0.15, 0.2) is 59.8 Å². The molecule has 152 valence electrons. The highest BCUT2D eigenvalue weighted by Gasteiger charge is 2.46. The number of hydrogen-bond donors (Lipinski definition) is 1. The van der Waals surface area contributed by atoms with E-state index in [-0.39, 0.29) is 17.4 Å². The number of nitrogens with one attached hydrogen (secondary N) is 1. The molecule has 5 heteroatoms. The Labute approximate surface area is 172 Å². The lowest BCUT2D eigenvalue weighted by atomic mass is 9.96. The Bertz CT molecular complexity index is 879. The molecule has 5 nitrogen and oxygen atoms in total. The minimum Gasteiger partial charge on any atom is -0.387 e. The highest BCUT2D eigenvalue weighted by molar-refractivity contribution is 6.39. The van der Waals surface area contributed by atoms with E-state index in [1.807, 2.05) is 18.2 Å². The van der Waals surface area contributed by atoms with Crippen molar-refractivity contribution in [1.82, 2.24) is 10.2 Å². The lowest BCUT2D eigenvalue weighted by Gasteiger charge is -2.21. The topological polar surface area (TPSA) is 53.9 Å². The van der Waals surface area contributed by atoms with Crippen molar-refractivity contribution in [2.24, 2.45) is 5.16 Å². The summed E-state index contributed by atoms with van der Waals surface area (Å²) in [5, 5.41) is 7.17. The van der Waals surface area contributed by atoms with Crippen LogP contribution >= 0.6 is 0 Å². The zero-order valence-electron chi connectivity index (χ0n) is 17.2. The average Bonchev–Trinajstić information content (AvgIpc) is 3.35. The van der Waals surface area contributed by atoms with Crippen molar-refractivity contribution in [1.29, 1.82) is 0 Å². The number of oxime groups is 1. The van der Waals surface area contributed by atoms with Gasteiger partial charge < -0.3 is 10.2 Å².